The molecular weight excluding hydrogens is 212 g/mol. The first-order valence-corrected chi connectivity index (χ1v) is 6.34. The molecule has 0 saturated heterocycles. The molecule has 2 rings (SSSR count). The molecule has 3 nitrogen and oxygen atoms in total. The van der Waals surface area contributed by atoms with Crippen molar-refractivity contribution in [2.75, 3.05) is 6.54 Å². The van der Waals surface area contributed by atoms with Crippen molar-refractivity contribution < 1.29 is 4.79 Å². The highest BCUT2D eigenvalue weighted by Crippen LogP contribution is 2.20. The maximum absolute atomic E-state index is 10.6. The van der Waals surface area contributed by atoms with Gasteiger partial charge in [0.1, 0.15) is 0 Å². The first-order chi connectivity index (χ1) is 8.25. The fourth-order valence-corrected chi connectivity index (χ4v) is 2.44. The van der Waals surface area contributed by atoms with Gasteiger partial charge in [0.15, 0.2) is 0 Å². The van der Waals surface area contributed by atoms with Gasteiger partial charge in [0.05, 0.1) is 0 Å². The van der Waals surface area contributed by atoms with E-state index in [1.807, 2.05) is 0 Å². The fraction of sp³-hybridized carbons (Fsp3) is 0.500. The van der Waals surface area contributed by atoms with Crippen molar-refractivity contribution >= 4 is 5.91 Å². The number of hydrogen-bond donors (Lipinski definition) is 2. The van der Waals surface area contributed by atoms with Gasteiger partial charge in [-0.25, -0.2) is 0 Å². The fourth-order valence-electron chi connectivity index (χ4n) is 2.44. The van der Waals surface area contributed by atoms with E-state index in [9.17, 15) is 4.79 Å². The van der Waals surface area contributed by atoms with Crippen LogP contribution in [0, 0.1) is 0 Å². The smallest absolute Gasteiger partial charge is 0.217 e. The molecule has 0 heterocycles. The highest BCUT2D eigenvalue weighted by molar-refractivity contribution is 5.73. The molecule has 1 aliphatic rings. The van der Waals surface area contributed by atoms with Crippen molar-refractivity contribution in [2.24, 2.45) is 5.73 Å². The Labute approximate surface area is 102 Å². The second-order valence-corrected chi connectivity index (χ2v) is 4.73. The Morgan fingerprint density at radius 2 is 2.12 bits per heavy atom. The predicted octanol–water partition coefficient (Wildman–Crippen LogP) is 1.40. The topological polar surface area (TPSA) is 55.1 Å². The van der Waals surface area contributed by atoms with Gasteiger partial charge < -0.3 is 11.1 Å². The summed E-state index contributed by atoms with van der Waals surface area (Å²) >= 11 is 0. The molecule has 3 heteroatoms. The molecule has 92 valence electrons. The normalized spacial score (nSPS) is 18.7. The Kier molecular flexibility index (Phi) is 4.15. The molecule has 1 aliphatic carbocycles. The Morgan fingerprint density at radius 1 is 1.35 bits per heavy atom. The number of carbonyl (C=O) groups is 1. The van der Waals surface area contributed by atoms with E-state index in [1.165, 1.54) is 17.5 Å². The first-order valence-electron chi connectivity index (χ1n) is 6.34. The molecule has 17 heavy (non-hydrogen) atoms. The zero-order valence-corrected chi connectivity index (χ0v) is 10.1. The van der Waals surface area contributed by atoms with Crippen LogP contribution in [-0.4, -0.2) is 18.5 Å². The summed E-state index contributed by atoms with van der Waals surface area (Å²) in [4.78, 5) is 10.6. The third-order valence-corrected chi connectivity index (χ3v) is 3.38. The summed E-state index contributed by atoms with van der Waals surface area (Å²) < 4.78 is 0. The largest absolute Gasteiger partial charge is 0.370 e. The summed E-state index contributed by atoms with van der Waals surface area (Å²) in [5, 5.41) is 3.51. The summed E-state index contributed by atoms with van der Waals surface area (Å²) in [6.45, 7) is 0.885. The van der Waals surface area contributed by atoms with Crippen LogP contribution in [0.15, 0.2) is 24.3 Å². The predicted molar refractivity (Wildman–Crippen MR) is 68.7 cm³/mol. The minimum absolute atomic E-state index is 0.208. The molecule has 0 radical (unpaired) electrons. The number of carbonyl (C=O) groups excluding carboxylic acids is 1. The molecule has 1 aromatic carbocycles. The van der Waals surface area contributed by atoms with Gasteiger partial charge in [-0.15, -0.1) is 0 Å². The molecule has 0 saturated carbocycles. The zero-order chi connectivity index (χ0) is 12.1. The highest BCUT2D eigenvalue weighted by atomic mass is 16.1. The molecule has 1 amide bonds. The van der Waals surface area contributed by atoms with E-state index in [-0.39, 0.29) is 5.91 Å². The monoisotopic (exact) mass is 232 g/mol. The lowest BCUT2D eigenvalue weighted by atomic mass is 9.88. The number of nitrogens with one attached hydrogen (secondary N) is 1. The Balaban J connectivity index is 1.76. The van der Waals surface area contributed by atoms with E-state index < -0.39 is 0 Å². The van der Waals surface area contributed by atoms with Gasteiger partial charge in [-0.3, -0.25) is 4.79 Å². The Hall–Kier alpha value is -1.35. The lowest BCUT2D eigenvalue weighted by Crippen LogP contribution is -2.35. The summed E-state index contributed by atoms with van der Waals surface area (Å²) in [6.07, 6.45) is 4.77. The SMILES string of the molecule is NC(=O)CCCNC1CCc2ccccc2C1. The van der Waals surface area contributed by atoms with Crippen LogP contribution in [-0.2, 0) is 17.6 Å². The highest BCUT2D eigenvalue weighted by Gasteiger charge is 2.17. The molecule has 1 aromatic rings. The molecule has 0 aromatic heterocycles. The van der Waals surface area contributed by atoms with Crippen LogP contribution in [0.25, 0.3) is 0 Å². The van der Waals surface area contributed by atoms with Gasteiger partial charge in [0.25, 0.3) is 0 Å². The van der Waals surface area contributed by atoms with E-state index in [0.717, 1.165) is 25.8 Å². The summed E-state index contributed by atoms with van der Waals surface area (Å²) in [6, 6.07) is 9.21. The first kappa shape index (κ1) is 12.1. The van der Waals surface area contributed by atoms with Gasteiger partial charge >= 0.3 is 0 Å². The van der Waals surface area contributed by atoms with Gasteiger partial charge in [-0.2, -0.15) is 0 Å². The van der Waals surface area contributed by atoms with Gasteiger partial charge in [-0.05, 0) is 43.4 Å². The lowest BCUT2D eigenvalue weighted by Gasteiger charge is -2.25. The molecule has 0 aliphatic heterocycles. The van der Waals surface area contributed by atoms with E-state index in [0.29, 0.717) is 12.5 Å². The molecular formula is C14H20N2O. The summed E-state index contributed by atoms with van der Waals surface area (Å²) in [5.41, 5.74) is 8.06. The molecule has 1 atom stereocenters. The van der Waals surface area contributed by atoms with Crippen molar-refractivity contribution in [2.45, 2.75) is 38.1 Å². The number of aryl methyl sites for hydroxylation is 1. The van der Waals surface area contributed by atoms with Crippen LogP contribution < -0.4 is 11.1 Å². The van der Waals surface area contributed by atoms with Gasteiger partial charge in [0, 0.05) is 12.5 Å². The second kappa shape index (κ2) is 5.82. The van der Waals surface area contributed by atoms with Crippen LogP contribution in [0.3, 0.4) is 0 Å². The maximum Gasteiger partial charge on any atom is 0.217 e. The number of benzene rings is 1. The van der Waals surface area contributed by atoms with Crippen LogP contribution in [0.5, 0.6) is 0 Å². The minimum Gasteiger partial charge on any atom is -0.370 e. The summed E-state index contributed by atoms with van der Waals surface area (Å²) in [5.74, 6) is -0.208. The molecule has 1 unspecified atom stereocenters. The van der Waals surface area contributed by atoms with Crippen molar-refractivity contribution in [3.8, 4) is 0 Å². The van der Waals surface area contributed by atoms with Crippen LogP contribution in [0.4, 0.5) is 0 Å². The minimum atomic E-state index is -0.208. The summed E-state index contributed by atoms with van der Waals surface area (Å²) in [7, 11) is 0. The average molecular weight is 232 g/mol. The van der Waals surface area contributed by atoms with Crippen LogP contribution in [0.2, 0.25) is 0 Å². The van der Waals surface area contributed by atoms with Crippen molar-refractivity contribution in [1.29, 1.82) is 0 Å². The third-order valence-electron chi connectivity index (χ3n) is 3.38. The number of fused-ring (bicyclic) bond motifs is 1. The number of hydrogen-bond acceptors (Lipinski definition) is 2. The van der Waals surface area contributed by atoms with Crippen molar-refractivity contribution in [3.63, 3.8) is 0 Å². The lowest BCUT2D eigenvalue weighted by molar-refractivity contribution is -0.118. The number of primary amides is 1. The molecule has 3 N–H and O–H groups in total. The maximum atomic E-state index is 10.6. The Bertz CT molecular complexity index is 390. The number of nitrogens with two attached hydrogens (primary N) is 1. The third kappa shape index (κ3) is 3.56. The van der Waals surface area contributed by atoms with Crippen molar-refractivity contribution in [1.82, 2.24) is 5.32 Å². The molecule has 0 fully saturated rings. The quantitative estimate of drug-likeness (QED) is 0.754. The van der Waals surface area contributed by atoms with Crippen LogP contribution in [0.1, 0.15) is 30.4 Å². The molecule has 0 spiro atoms. The van der Waals surface area contributed by atoms with E-state index in [2.05, 4.69) is 29.6 Å². The van der Waals surface area contributed by atoms with Gasteiger partial charge in [-0.1, -0.05) is 24.3 Å². The van der Waals surface area contributed by atoms with E-state index in [4.69, 9.17) is 5.73 Å². The number of rotatable bonds is 5. The van der Waals surface area contributed by atoms with Crippen LogP contribution >= 0.6 is 0 Å². The van der Waals surface area contributed by atoms with E-state index in [1.54, 1.807) is 0 Å². The van der Waals surface area contributed by atoms with E-state index >= 15 is 0 Å². The zero-order valence-electron chi connectivity index (χ0n) is 10.1. The standard InChI is InChI=1S/C14H20N2O/c15-14(17)6-3-9-16-13-8-7-11-4-1-2-5-12(11)10-13/h1-2,4-5,13,16H,3,6-10H2,(H2,15,17). The second-order valence-electron chi connectivity index (χ2n) is 4.73. The van der Waals surface area contributed by atoms with Crippen molar-refractivity contribution in [3.05, 3.63) is 35.4 Å². The number of amides is 1. The average Bonchev–Trinajstić information content (AvgIpc) is 2.34. The molecule has 0 bridgehead atoms. The Morgan fingerprint density at radius 3 is 2.88 bits per heavy atom. The van der Waals surface area contributed by atoms with Gasteiger partial charge in [0.2, 0.25) is 5.91 Å².